The number of hydrogen-bond donors (Lipinski definition) is 2. The molecule has 7 heteroatoms. The first-order chi connectivity index (χ1) is 9.40. The number of anilines is 1. The van der Waals surface area contributed by atoms with E-state index in [0.29, 0.717) is 0 Å². The number of aromatic nitrogens is 1. The van der Waals surface area contributed by atoms with Crippen LogP contribution in [0.3, 0.4) is 0 Å². The molecule has 0 spiro atoms. The van der Waals surface area contributed by atoms with Gasteiger partial charge in [0.1, 0.15) is 10.8 Å². The fourth-order valence-corrected chi connectivity index (χ4v) is 2.51. The summed E-state index contributed by atoms with van der Waals surface area (Å²) in [5.41, 5.74) is 2.35. The van der Waals surface area contributed by atoms with E-state index in [9.17, 15) is 13.2 Å². The van der Waals surface area contributed by atoms with E-state index in [0.717, 1.165) is 22.6 Å². The second-order valence-corrected chi connectivity index (χ2v) is 5.15. The lowest BCUT2D eigenvalue weighted by atomic mass is 10.2. The Hall–Kier alpha value is -1.73. The molecule has 3 N–H and O–H groups in total. The minimum Gasteiger partial charge on any atom is -0.308 e. The lowest BCUT2D eigenvalue weighted by Crippen LogP contribution is -2.12. The van der Waals surface area contributed by atoms with Crippen LogP contribution in [0.5, 0.6) is 0 Å². The number of benzene rings is 1. The number of halogens is 3. The van der Waals surface area contributed by atoms with E-state index in [4.69, 9.17) is 5.84 Å². The summed E-state index contributed by atoms with van der Waals surface area (Å²) in [4.78, 5) is 4.88. The summed E-state index contributed by atoms with van der Waals surface area (Å²) < 4.78 is 38.4. The Morgan fingerprint density at radius 2 is 1.90 bits per heavy atom. The van der Waals surface area contributed by atoms with Crippen LogP contribution in [0, 0.1) is 6.92 Å². The predicted molar refractivity (Wildman–Crippen MR) is 72.4 cm³/mol. The summed E-state index contributed by atoms with van der Waals surface area (Å²) in [5.74, 6) is 5.15. The molecule has 0 saturated carbocycles. The first-order valence-corrected chi connectivity index (χ1v) is 6.51. The van der Waals surface area contributed by atoms with E-state index in [-0.39, 0.29) is 10.8 Å². The fourth-order valence-electron chi connectivity index (χ4n) is 1.58. The van der Waals surface area contributed by atoms with Crippen LogP contribution >= 0.6 is 11.8 Å². The van der Waals surface area contributed by atoms with E-state index >= 15 is 0 Å². The number of nitrogens with zero attached hydrogens (tertiary/aromatic N) is 1. The third-order valence-corrected chi connectivity index (χ3v) is 3.68. The van der Waals surface area contributed by atoms with Crippen LogP contribution in [0.2, 0.25) is 0 Å². The van der Waals surface area contributed by atoms with Gasteiger partial charge in [-0.3, -0.25) is 0 Å². The minimum atomic E-state index is -4.43. The lowest BCUT2D eigenvalue weighted by Gasteiger charge is -2.11. The van der Waals surface area contributed by atoms with Crippen molar-refractivity contribution < 1.29 is 13.2 Å². The van der Waals surface area contributed by atoms with Crippen LogP contribution in [-0.4, -0.2) is 4.98 Å². The third kappa shape index (κ3) is 3.43. The zero-order chi connectivity index (χ0) is 14.8. The maximum atomic E-state index is 12.8. The highest BCUT2D eigenvalue weighted by molar-refractivity contribution is 7.99. The molecule has 0 unspecified atom stereocenters. The van der Waals surface area contributed by atoms with Crippen LogP contribution in [0.4, 0.5) is 19.0 Å². The molecule has 2 rings (SSSR count). The summed E-state index contributed by atoms with van der Waals surface area (Å²) in [7, 11) is 0. The molecule has 2 aromatic rings. The number of alkyl halides is 3. The van der Waals surface area contributed by atoms with Gasteiger partial charge in [-0.25, -0.2) is 10.8 Å². The van der Waals surface area contributed by atoms with Crippen molar-refractivity contribution in [2.45, 2.75) is 23.0 Å². The maximum absolute atomic E-state index is 12.8. The van der Waals surface area contributed by atoms with Crippen molar-refractivity contribution in [1.82, 2.24) is 4.98 Å². The van der Waals surface area contributed by atoms with Crippen LogP contribution in [0.1, 0.15) is 11.1 Å². The Bertz CT molecular complexity index is 614. The second-order valence-electron chi connectivity index (χ2n) is 4.09. The number of nitrogen functional groups attached to an aromatic ring is 1. The smallest absolute Gasteiger partial charge is 0.308 e. The molecule has 0 amide bonds. The third-order valence-electron chi connectivity index (χ3n) is 2.59. The highest BCUT2D eigenvalue weighted by Gasteiger charge is 2.31. The largest absolute Gasteiger partial charge is 0.416 e. The molecule has 0 fully saturated rings. The van der Waals surface area contributed by atoms with Crippen LogP contribution in [-0.2, 0) is 6.18 Å². The molecule has 0 bridgehead atoms. The van der Waals surface area contributed by atoms with Gasteiger partial charge in [-0.1, -0.05) is 30.0 Å². The second kappa shape index (κ2) is 5.72. The molecule has 106 valence electrons. The average molecular weight is 299 g/mol. The van der Waals surface area contributed by atoms with E-state index in [1.165, 1.54) is 11.8 Å². The monoisotopic (exact) mass is 299 g/mol. The lowest BCUT2D eigenvalue weighted by molar-refractivity contribution is -0.137. The van der Waals surface area contributed by atoms with Crippen LogP contribution in [0.15, 0.2) is 46.3 Å². The number of pyridine rings is 1. The SMILES string of the molecule is Cc1ccccc1Sc1cc(C(F)(F)F)cc(NN)n1. The highest BCUT2D eigenvalue weighted by atomic mass is 32.2. The van der Waals surface area contributed by atoms with E-state index < -0.39 is 11.7 Å². The topological polar surface area (TPSA) is 50.9 Å². The molecule has 1 heterocycles. The Labute approximate surface area is 118 Å². The van der Waals surface area contributed by atoms with Crippen molar-refractivity contribution >= 4 is 17.6 Å². The van der Waals surface area contributed by atoms with Gasteiger partial charge in [0.05, 0.1) is 5.56 Å². The van der Waals surface area contributed by atoms with Gasteiger partial charge in [0.25, 0.3) is 0 Å². The summed E-state index contributed by atoms with van der Waals surface area (Å²) in [6, 6.07) is 9.30. The fraction of sp³-hybridized carbons (Fsp3) is 0.154. The van der Waals surface area contributed by atoms with Gasteiger partial charge < -0.3 is 5.43 Å². The molecule has 20 heavy (non-hydrogen) atoms. The van der Waals surface area contributed by atoms with Gasteiger partial charge in [0.2, 0.25) is 0 Å². The van der Waals surface area contributed by atoms with Crippen molar-refractivity contribution in [2.75, 3.05) is 5.43 Å². The van der Waals surface area contributed by atoms with Gasteiger partial charge in [0, 0.05) is 4.90 Å². The Kier molecular flexibility index (Phi) is 4.20. The van der Waals surface area contributed by atoms with E-state index in [1.54, 1.807) is 0 Å². The van der Waals surface area contributed by atoms with Crippen LogP contribution in [0.25, 0.3) is 0 Å². The van der Waals surface area contributed by atoms with Gasteiger partial charge in [-0.15, -0.1) is 0 Å². The van der Waals surface area contributed by atoms with E-state index in [2.05, 4.69) is 10.4 Å². The molecular weight excluding hydrogens is 287 g/mol. The highest BCUT2D eigenvalue weighted by Crippen LogP contribution is 2.35. The number of rotatable bonds is 3. The van der Waals surface area contributed by atoms with Gasteiger partial charge in [0.15, 0.2) is 0 Å². The molecule has 0 atom stereocenters. The zero-order valence-corrected chi connectivity index (χ0v) is 11.3. The van der Waals surface area contributed by atoms with Gasteiger partial charge in [-0.2, -0.15) is 13.2 Å². The molecule has 1 aromatic carbocycles. The molecule has 0 aliphatic heterocycles. The Morgan fingerprint density at radius 3 is 2.50 bits per heavy atom. The summed E-state index contributed by atoms with van der Waals surface area (Å²) in [5, 5.41) is 0.238. The van der Waals surface area contributed by atoms with Crippen molar-refractivity contribution in [3.05, 3.63) is 47.5 Å². The molecular formula is C13H12F3N3S. The number of nitrogens with two attached hydrogens (primary N) is 1. The van der Waals surface area contributed by atoms with Gasteiger partial charge >= 0.3 is 6.18 Å². The van der Waals surface area contributed by atoms with Crippen molar-refractivity contribution in [3.8, 4) is 0 Å². The Morgan fingerprint density at radius 1 is 1.20 bits per heavy atom. The molecule has 0 saturated heterocycles. The molecule has 0 aliphatic rings. The first-order valence-electron chi connectivity index (χ1n) is 5.69. The van der Waals surface area contributed by atoms with Crippen molar-refractivity contribution in [2.24, 2.45) is 5.84 Å². The maximum Gasteiger partial charge on any atom is 0.416 e. The molecule has 1 aromatic heterocycles. The van der Waals surface area contributed by atoms with Crippen molar-refractivity contribution in [1.29, 1.82) is 0 Å². The zero-order valence-electron chi connectivity index (χ0n) is 10.5. The number of hydrogen-bond acceptors (Lipinski definition) is 4. The van der Waals surface area contributed by atoms with Crippen LogP contribution < -0.4 is 11.3 Å². The Balaban J connectivity index is 2.39. The quantitative estimate of drug-likeness (QED) is 0.668. The first kappa shape index (κ1) is 14.7. The normalized spacial score (nSPS) is 11.4. The van der Waals surface area contributed by atoms with E-state index in [1.807, 2.05) is 31.2 Å². The van der Waals surface area contributed by atoms with Gasteiger partial charge in [-0.05, 0) is 30.7 Å². The standard InChI is InChI=1S/C13H12F3N3S/c1-8-4-2-3-5-10(8)20-12-7-9(13(14,15)16)6-11(18-12)19-17/h2-7H,17H2,1H3,(H,18,19). The summed E-state index contributed by atoms with van der Waals surface area (Å²) in [6.45, 7) is 1.89. The predicted octanol–water partition coefficient (Wildman–Crippen LogP) is 3.85. The number of nitrogens with one attached hydrogen (secondary N) is 1. The number of aryl methyl sites for hydroxylation is 1. The molecule has 0 radical (unpaired) electrons. The van der Waals surface area contributed by atoms with Crippen molar-refractivity contribution in [3.63, 3.8) is 0 Å². The molecule has 0 aliphatic carbocycles. The summed E-state index contributed by atoms with van der Waals surface area (Å²) >= 11 is 1.17. The summed E-state index contributed by atoms with van der Waals surface area (Å²) in [6.07, 6.45) is -4.43. The number of hydrazine groups is 1. The minimum absolute atomic E-state index is 0.0177. The molecule has 3 nitrogen and oxygen atoms in total. The average Bonchev–Trinajstić information content (AvgIpc) is 2.40.